The predicted octanol–water partition coefficient (Wildman–Crippen LogP) is 1.64. The number of nitrogens with zero attached hydrogens (tertiary/aromatic N) is 1. The molecule has 0 saturated carbocycles. The molecule has 0 amide bonds. The van der Waals surface area contributed by atoms with Crippen LogP contribution in [0.5, 0.6) is 0 Å². The molecule has 4 N–H and O–H groups in total. The number of hydrogen-bond acceptors (Lipinski definition) is 4. The molecule has 1 aromatic rings. The van der Waals surface area contributed by atoms with Gasteiger partial charge in [0.15, 0.2) is 5.84 Å². The first-order valence-corrected chi connectivity index (χ1v) is 8.32. The normalized spacial score (nSPS) is 13.4. The largest absolute Gasteiger partial charge is 0.409 e. The second kappa shape index (κ2) is 6.91. The maximum absolute atomic E-state index is 11.9. The fourth-order valence-electron chi connectivity index (χ4n) is 1.60. The monoisotopic (exact) mass is 313 g/mol. The molecule has 6 nitrogen and oxygen atoms in total. The summed E-state index contributed by atoms with van der Waals surface area (Å²) in [6.07, 6.45) is 0.590. The van der Waals surface area contributed by atoms with Gasteiger partial charge in [-0.15, -0.1) is 0 Å². The van der Waals surface area contributed by atoms with E-state index in [-0.39, 0.29) is 23.5 Å². The molecular formula is C14H23N3O3S. The van der Waals surface area contributed by atoms with Crippen LogP contribution in [0.15, 0.2) is 29.4 Å². The number of amidine groups is 1. The average Bonchev–Trinajstić information content (AvgIpc) is 2.42. The molecule has 0 heterocycles. The molecule has 0 bridgehead atoms. The Morgan fingerprint density at radius 1 is 1.38 bits per heavy atom. The van der Waals surface area contributed by atoms with Crippen molar-refractivity contribution in [2.24, 2.45) is 16.3 Å². The Balaban J connectivity index is 2.67. The SMILES string of the molecule is CC(C)(C)CCS(=O)(=O)NCc1cccc(/C(N)=N/O)c1. The van der Waals surface area contributed by atoms with Crippen molar-refractivity contribution in [3.8, 4) is 0 Å². The number of nitrogens with two attached hydrogens (primary N) is 1. The van der Waals surface area contributed by atoms with Crippen molar-refractivity contribution in [3.05, 3.63) is 35.4 Å². The van der Waals surface area contributed by atoms with E-state index in [1.54, 1.807) is 24.3 Å². The summed E-state index contributed by atoms with van der Waals surface area (Å²) >= 11 is 0. The summed E-state index contributed by atoms with van der Waals surface area (Å²) in [5.41, 5.74) is 6.77. The van der Waals surface area contributed by atoms with Crippen LogP contribution in [-0.2, 0) is 16.6 Å². The summed E-state index contributed by atoms with van der Waals surface area (Å²) in [4.78, 5) is 0. The van der Waals surface area contributed by atoms with Gasteiger partial charge in [0.05, 0.1) is 5.75 Å². The average molecular weight is 313 g/mol. The number of sulfonamides is 1. The molecule has 118 valence electrons. The van der Waals surface area contributed by atoms with Crippen LogP contribution in [0.4, 0.5) is 0 Å². The molecule has 0 atom stereocenters. The number of oxime groups is 1. The second-order valence-corrected chi connectivity index (χ2v) is 8.06. The zero-order valence-corrected chi connectivity index (χ0v) is 13.4. The van der Waals surface area contributed by atoms with E-state index in [1.807, 2.05) is 20.8 Å². The van der Waals surface area contributed by atoms with Crippen LogP contribution in [0.1, 0.15) is 38.3 Å². The summed E-state index contributed by atoms with van der Waals surface area (Å²) in [5, 5.41) is 11.6. The Morgan fingerprint density at radius 2 is 2.05 bits per heavy atom. The Hall–Kier alpha value is -1.60. The van der Waals surface area contributed by atoms with Gasteiger partial charge in [0.1, 0.15) is 0 Å². The first-order valence-electron chi connectivity index (χ1n) is 6.67. The third-order valence-corrected chi connectivity index (χ3v) is 4.27. The van der Waals surface area contributed by atoms with E-state index in [0.717, 1.165) is 5.56 Å². The van der Waals surface area contributed by atoms with E-state index < -0.39 is 10.0 Å². The fourth-order valence-corrected chi connectivity index (χ4v) is 3.02. The Bertz CT molecular complexity index is 604. The standard InChI is InChI=1S/C14H23N3O3S/c1-14(2,3)7-8-21(19,20)16-10-11-5-4-6-12(9-11)13(15)17-18/h4-6,9,16,18H,7-8,10H2,1-3H3,(H2,15,17). The van der Waals surface area contributed by atoms with Gasteiger partial charge in [-0.1, -0.05) is 44.1 Å². The van der Waals surface area contributed by atoms with E-state index in [1.165, 1.54) is 0 Å². The molecule has 0 saturated heterocycles. The molecule has 0 unspecified atom stereocenters. The highest BCUT2D eigenvalue weighted by molar-refractivity contribution is 7.89. The van der Waals surface area contributed by atoms with Crippen molar-refractivity contribution < 1.29 is 13.6 Å². The van der Waals surface area contributed by atoms with Crippen molar-refractivity contribution >= 4 is 15.9 Å². The molecule has 0 fully saturated rings. The van der Waals surface area contributed by atoms with E-state index >= 15 is 0 Å². The minimum absolute atomic E-state index is 0.00700. The summed E-state index contributed by atoms with van der Waals surface area (Å²) < 4.78 is 26.4. The highest BCUT2D eigenvalue weighted by Gasteiger charge is 2.17. The van der Waals surface area contributed by atoms with Crippen molar-refractivity contribution in [2.45, 2.75) is 33.7 Å². The van der Waals surface area contributed by atoms with Gasteiger partial charge in [0, 0.05) is 12.1 Å². The molecule has 0 aliphatic heterocycles. The number of rotatable bonds is 6. The molecular weight excluding hydrogens is 290 g/mol. The smallest absolute Gasteiger partial charge is 0.211 e. The van der Waals surface area contributed by atoms with Crippen molar-refractivity contribution in [1.29, 1.82) is 0 Å². The number of hydrogen-bond donors (Lipinski definition) is 3. The molecule has 0 aliphatic rings. The summed E-state index contributed by atoms with van der Waals surface area (Å²) in [5.74, 6) is 0.0867. The minimum Gasteiger partial charge on any atom is -0.409 e. The van der Waals surface area contributed by atoms with E-state index in [4.69, 9.17) is 10.9 Å². The minimum atomic E-state index is -3.31. The lowest BCUT2D eigenvalue weighted by molar-refractivity contribution is 0.318. The van der Waals surface area contributed by atoms with Gasteiger partial charge in [0.2, 0.25) is 10.0 Å². The van der Waals surface area contributed by atoms with E-state index in [2.05, 4.69) is 9.88 Å². The predicted molar refractivity (Wildman–Crippen MR) is 83.7 cm³/mol. The van der Waals surface area contributed by atoms with Gasteiger partial charge in [-0.2, -0.15) is 0 Å². The Labute approximate surface area is 126 Å². The van der Waals surface area contributed by atoms with Gasteiger partial charge >= 0.3 is 0 Å². The first kappa shape index (κ1) is 17.5. The van der Waals surface area contributed by atoms with Gasteiger partial charge in [-0.05, 0) is 23.5 Å². The molecule has 1 rings (SSSR count). The maximum Gasteiger partial charge on any atom is 0.211 e. The van der Waals surface area contributed by atoms with Crippen molar-refractivity contribution in [3.63, 3.8) is 0 Å². The van der Waals surface area contributed by atoms with Crippen LogP contribution in [0.2, 0.25) is 0 Å². The molecule has 7 heteroatoms. The lowest BCUT2D eigenvalue weighted by atomic mass is 9.94. The molecule has 0 radical (unpaired) electrons. The highest BCUT2D eigenvalue weighted by Crippen LogP contribution is 2.19. The Morgan fingerprint density at radius 3 is 2.62 bits per heavy atom. The highest BCUT2D eigenvalue weighted by atomic mass is 32.2. The second-order valence-electron chi connectivity index (χ2n) is 6.14. The van der Waals surface area contributed by atoms with Gasteiger partial charge in [-0.3, -0.25) is 0 Å². The zero-order valence-electron chi connectivity index (χ0n) is 12.6. The van der Waals surface area contributed by atoms with Crippen molar-refractivity contribution in [1.82, 2.24) is 4.72 Å². The first-order chi connectivity index (χ1) is 9.63. The summed E-state index contributed by atoms with van der Waals surface area (Å²) in [7, 11) is -3.31. The third kappa shape index (κ3) is 6.59. The number of nitrogens with one attached hydrogen (secondary N) is 1. The lowest BCUT2D eigenvalue weighted by Gasteiger charge is -2.17. The zero-order chi connectivity index (χ0) is 16.1. The van der Waals surface area contributed by atoms with Crippen molar-refractivity contribution in [2.75, 3.05) is 5.75 Å². The Kier molecular flexibility index (Phi) is 5.74. The van der Waals surface area contributed by atoms with Gasteiger partial charge in [0.25, 0.3) is 0 Å². The molecule has 1 aromatic carbocycles. The van der Waals surface area contributed by atoms with Crippen LogP contribution in [0.25, 0.3) is 0 Å². The fraction of sp³-hybridized carbons (Fsp3) is 0.500. The van der Waals surface area contributed by atoms with E-state index in [0.29, 0.717) is 12.0 Å². The van der Waals surface area contributed by atoms with Crippen LogP contribution in [0.3, 0.4) is 0 Å². The summed E-state index contributed by atoms with van der Waals surface area (Å²) in [6.45, 7) is 6.19. The van der Waals surface area contributed by atoms with Gasteiger partial charge in [-0.25, -0.2) is 13.1 Å². The van der Waals surface area contributed by atoms with Gasteiger partial charge < -0.3 is 10.9 Å². The van der Waals surface area contributed by atoms with Crippen LogP contribution in [0, 0.1) is 5.41 Å². The third-order valence-electron chi connectivity index (χ3n) is 2.95. The van der Waals surface area contributed by atoms with Crippen LogP contribution >= 0.6 is 0 Å². The van der Waals surface area contributed by atoms with Crippen LogP contribution in [-0.4, -0.2) is 25.2 Å². The molecule has 21 heavy (non-hydrogen) atoms. The topological polar surface area (TPSA) is 105 Å². The number of benzene rings is 1. The van der Waals surface area contributed by atoms with E-state index in [9.17, 15) is 8.42 Å². The quantitative estimate of drug-likeness (QED) is 0.321. The van der Waals surface area contributed by atoms with Crippen LogP contribution < -0.4 is 10.5 Å². The summed E-state index contributed by atoms with van der Waals surface area (Å²) in [6, 6.07) is 6.88. The lowest BCUT2D eigenvalue weighted by Crippen LogP contribution is -2.28. The molecule has 0 aliphatic carbocycles. The molecule has 0 aromatic heterocycles. The molecule has 0 spiro atoms. The maximum atomic E-state index is 11.9.